The minimum atomic E-state index is -0.978. The number of fused-ring (bicyclic) bond motifs is 1. The molecule has 1 heterocycles. The molecule has 3 atom stereocenters. The van der Waals surface area contributed by atoms with Crippen LogP contribution in [-0.4, -0.2) is 41.2 Å². The quantitative estimate of drug-likeness (QED) is 0.585. The number of ether oxygens (including phenoxy) is 1. The Morgan fingerprint density at radius 1 is 1.10 bits per heavy atom. The molecule has 1 aromatic carbocycles. The third kappa shape index (κ3) is 4.49. The van der Waals surface area contributed by atoms with Gasteiger partial charge in [0, 0.05) is 12.2 Å². The molecule has 0 bridgehead atoms. The fourth-order valence-electron chi connectivity index (χ4n) is 4.20. The lowest BCUT2D eigenvalue weighted by Crippen LogP contribution is -2.35. The Kier molecular flexibility index (Phi) is 6.35. The Labute approximate surface area is 170 Å². The first kappa shape index (κ1) is 21.0. The van der Waals surface area contributed by atoms with Crippen molar-refractivity contribution in [3.63, 3.8) is 0 Å². The van der Waals surface area contributed by atoms with E-state index < -0.39 is 18.0 Å². The molecule has 0 radical (unpaired) electrons. The van der Waals surface area contributed by atoms with Gasteiger partial charge in [-0.05, 0) is 44.7 Å². The summed E-state index contributed by atoms with van der Waals surface area (Å²) in [5, 5.41) is 2.79. The fourth-order valence-corrected chi connectivity index (χ4v) is 4.20. The average Bonchev–Trinajstić information content (AvgIpc) is 2.93. The third-order valence-electron chi connectivity index (χ3n) is 5.88. The number of hydrogen-bond donors (Lipinski definition) is 1. The van der Waals surface area contributed by atoms with Gasteiger partial charge in [0.1, 0.15) is 0 Å². The molecule has 0 aromatic heterocycles. The lowest BCUT2D eigenvalue weighted by molar-refractivity contribution is -0.154. The van der Waals surface area contributed by atoms with Crippen LogP contribution in [0, 0.1) is 25.7 Å². The van der Waals surface area contributed by atoms with E-state index in [-0.39, 0.29) is 36.6 Å². The van der Waals surface area contributed by atoms with Gasteiger partial charge >= 0.3 is 5.97 Å². The molecule has 29 heavy (non-hydrogen) atoms. The van der Waals surface area contributed by atoms with Crippen molar-refractivity contribution in [3.8, 4) is 0 Å². The molecule has 3 rings (SSSR count). The van der Waals surface area contributed by atoms with Crippen molar-refractivity contribution in [1.82, 2.24) is 4.90 Å². The Balaban J connectivity index is 1.51. The molecule has 156 valence electrons. The molecule has 0 spiro atoms. The number of rotatable bonds is 6. The monoisotopic (exact) mass is 400 g/mol. The second kappa shape index (κ2) is 8.76. The molecule has 1 aliphatic carbocycles. The maximum Gasteiger partial charge on any atom is 0.308 e. The highest BCUT2D eigenvalue weighted by molar-refractivity contribution is 6.05. The second-order valence-electron chi connectivity index (χ2n) is 7.96. The molecule has 1 aromatic rings. The van der Waals surface area contributed by atoms with Crippen LogP contribution in [0.1, 0.15) is 50.2 Å². The van der Waals surface area contributed by atoms with Crippen LogP contribution in [0.2, 0.25) is 0 Å². The summed E-state index contributed by atoms with van der Waals surface area (Å²) in [5.74, 6) is -1.83. The van der Waals surface area contributed by atoms with Gasteiger partial charge < -0.3 is 10.1 Å². The van der Waals surface area contributed by atoms with Gasteiger partial charge in [-0.2, -0.15) is 0 Å². The van der Waals surface area contributed by atoms with Crippen molar-refractivity contribution in [1.29, 1.82) is 0 Å². The van der Waals surface area contributed by atoms with E-state index in [4.69, 9.17) is 4.74 Å². The standard InChI is InChI=1S/C22H28N2O5/c1-13-7-6-8-14(2)19(13)23-20(26)15(3)29-18(25)11-12-24-21(27)16-9-4-5-10-17(16)22(24)28/h6-8,15-17H,4-5,9-12H2,1-3H3,(H,23,26)/t15-,16-,17+/m0/s1. The number of likely N-dealkylation sites (tertiary alicyclic amines) is 1. The van der Waals surface area contributed by atoms with Crippen molar-refractivity contribution >= 4 is 29.4 Å². The predicted octanol–water partition coefficient (Wildman–Crippen LogP) is 2.74. The smallest absolute Gasteiger partial charge is 0.308 e. The van der Waals surface area contributed by atoms with Crippen LogP contribution in [0.4, 0.5) is 5.69 Å². The van der Waals surface area contributed by atoms with Crippen molar-refractivity contribution in [2.75, 3.05) is 11.9 Å². The van der Waals surface area contributed by atoms with E-state index in [9.17, 15) is 19.2 Å². The summed E-state index contributed by atoms with van der Waals surface area (Å²) in [7, 11) is 0. The maximum atomic E-state index is 12.4. The van der Waals surface area contributed by atoms with Crippen molar-refractivity contribution in [3.05, 3.63) is 29.3 Å². The van der Waals surface area contributed by atoms with Gasteiger partial charge in [0.15, 0.2) is 6.10 Å². The highest BCUT2D eigenvalue weighted by Crippen LogP contribution is 2.38. The Hall–Kier alpha value is -2.70. The molecule has 1 aliphatic heterocycles. The van der Waals surface area contributed by atoms with E-state index >= 15 is 0 Å². The molecular weight excluding hydrogens is 372 g/mol. The van der Waals surface area contributed by atoms with Gasteiger partial charge in [-0.1, -0.05) is 31.0 Å². The van der Waals surface area contributed by atoms with Crippen LogP contribution in [0.5, 0.6) is 0 Å². The average molecular weight is 400 g/mol. The highest BCUT2D eigenvalue weighted by Gasteiger charge is 2.47. The summed E-state index contributed by atoms with van der Waals surface area (Å²) in [6, 6.07) is 5.68. The van der Waals surface area contributed by atoms with Gasteiger partial charge in [0.25, 0.3) is 5.91 Å². The zero-order chi connectivity index (χ0) is 21.1. The highest BCUT2D eigenvalue weighted by atomic mass is 16.5. The zero-order valence-corrected chi connectivity index (χ0v) is 17.2. The number of aryl methyl sites for hydroxylation is 2. The van der Waals surface area contributed by atoms with E-state index in [2.05, 4.69) is 5.32 Å². The molecule has 1 N–H and O–H groups in total. The number of carbonyl (C=O) groups excluding carboxylic acids is 4. The van der Waals surface area contributed by atoms with E-state index in [0.717, 1.165) is 36.8 Å². The van der Waals surface area contributed by atoms with Gasteiger partial charge in [0.2, 0.25) is 11.8 Å². The fraction of sp³-hybridized carbons (Fsp3) is 0.545. The second-order valence-corrected chi connectivity index (χ2v) is 7.96. The lowest BCUT2D eigenvalue weighted by atomic mass is 9.81. The number of hydrogen-bond acceptors (Lipinski definition) is 5. The van der Waals surface area contributed by atoms with Crippen LogP contribution in [0.25, 0.3) is 0 Å². The molecule has 3 amide bonds. The van der Waals surface area contributed by atoms with E-state index in [0.29, 0.717) is 5.69 Å². The van der Waals surface area contributed by atoms with Crippen molar-refractivity contribution < 1.29 is 23.9 Å². The minimum absolute atomic E-state index is 0.00867. The SMILES string of the molecule is Cc1cccc(C)c1NC(=O)[C@H](C)OC(=O)CCN1C(=O)[C@H]2CCCC[C@H]2C1=O. The Morgan fingerprint density at radius 2 is 1.66 bits per heavy atom. The summed E-state index contributed by atoms with van der Waals surface area (Å²) in [4.78, 5) is 50.7. The molecule has 2 fully saturated rings. The normalized spacial score (nSPS) is 22.2. The predicted molar refractivity (Wildman–Crippen MR) is 107 cm³/mol. The summed E-state index contributed by atoms with van der Waals surface area (Å²) < 4.78 is 5.21. The van der Waals surface area contributed by atoms with Gasteiger partial charge in [0.05, 0.1) is 18.3 Å². The molecule has 0 unspecified atom stereocenters. The first-order chi connectivity index (χ1) is 13.8. The number of esters is 1. The lowest BCUT2D eigenvalue weighted by Gasteiger charge is -2.19. The van der Waals surface area contributed by atoms with Crippen LogP contribution < -0.4 is 5.32 Å². The van der Waals surface area contributed by atoms with Crippen molar-refractivity contribution in [2.24, 2.45) is 11.8 Å². The largest absolute Gasteiger partial charge is 0.452 e. The van der Waals surface area contributed by atoms with E-state index in [1.165, 1.54) is 11.8 Å². The number of para-hydroxylation sites is 1. The molecule has 1 saturated heterocycles. The number of amides is 3. The topological polar surface area (TPSA) is 92.8 Å². The van der Waals surface area contributed by atoms with Crippen LogP contribution in [0.3, 0.4) is 0 Å². The van der Waals surface area contributed by atoms with Crippen LogP contribution in [-0.2, 0) is 23.9 Å². The molecule has 7 heteroatoms. The van der Waals surface area contributed by atoms with Gasteiger partial charge in [-0.25, -0.2) is 0 Å². The number of imide groups is 1. The molecular formula is C22H28N2O5. The summed E-state index contributed by atoms with van der Waals surface area (Å²) in [6.45, 7) is 5.29. The van der Waals surface area contributed by atoms with Gasteiger partial charge in [-0.15, -0.1) is 0 Å². The molecule has 1 saturated carbocycles. The molecule has 2 aliphatic rings. The summed E-state index contributed by atoms with van der Waals surface area (Å²) in [5.41, 5.74) is 2.55. The van der Waals surface area contributed by atoms with Gasteiger partial charge in [-0.3, -0.25) is 24.1 Å². The first-order valence-electron chi connectivity index (χ1n) is 10.2. The van der Waals surface area contributed by atoms with Crippen LogP contribution >= 0.6 is 0 Å². The number of nitrogens with zero attached hydrogens (tertiary/aromatic N) is 1. The zero-order valence-electron chi connectivity index (χ0n) is 17.2. The van der Waals surface area contributed by atoms with Crippen molar-refractivity contribution in [2.45, 2.75) is 59.0 Å². The number of nitrogens with one attached hydrogen (secondary N) is 1. The maximum absolute atomic E-state index is 12.4. The number of anilines is 1. The van der Waals surface area contributed by atoms with E-state index in [1.54, 1.807) is 0 Å². The summed E-state index contributed by atoms with van der Waals surface area (Å²) in [6.07, 6.45) is 2.32. The van der Waals surface area contributed by atoms with Crippen LogP contribution in [0.15, 0.2) is 18.2 Å². The minimum Gasteiger partial charge on any atom is -0.452 e. The van der Waals surface area contributed by atoms with E-state index in [1.807, 2.05) is 32.0 Å². The number of carbonyl (C=O) groups is 4. The number of benzene rings is 1. The molecule has 7 nitrogen and oxygen atoms in total. The first-order valence-corrected chi connectivity index (χ1v) is 10.2. The Bertz CT molecular complexity index is 790. The summed E-state index contributed by atoms with van der Waals surface area (Å²) >= 11 is 0. The Morgan fingerprint density at radius 3 is 2.21 bits per heavy atom. The third-order valence-corrected chi connectivity index (χ3v) is 5.88.